The Morgan fingerprint density at radius 2 is 2.04 bits per heavy atom. The highest BCUT2D eigenvalue weighted by molar-refractivity contribution is 7.91. The Labute approximate surface area is 151 Å². The van der Waals surface area contributed by atoms with Gasteiger partial charge in [-0.1, -0.05) is 24.3 Å². The van der Waals surface area contributed by atoms with Gasteiger partial charge in [0.05, 0.1) is 6.26 Å². The first-order chi connectivity index (χ1) is 12.1. The van der Waals surface area contributed by atoms with E-state index in [2.05, 4.69) is 21.8 Å². The Balaban J connectivity index is 1.61. The molecule has 1 N–H and O–H groups in total. The molecule has 3 heterocycles. The minimum absolute atomic E-state index is 0.187. The molecule has 1 atom stereocenters. The number of nitrogens with one attached hydrogen (secondary N) is 1. The van der Waals surface area contributed by atoms with Crippen LogP contribution in [0.25, 0.3) is 0 Å². The van der Waals surface area contributed by atoms with Crippen LogP contribution in [0.3, 0.4) is 0 Å². The minimum Gasteiger partial charge on any atom is -0.467 e. The van der Waals surface area contributed by atoms with Crippen molar-refractivity contribution < 1.29 is 12.8 Å². The third kappa shape index (κ3) is 3.22. The van der Waals surface area contributed by atoms with E-state index in [1.165, 1.54) is 16.9 Å². The third-order valence-electron chi connectivity index (χ3n) is 4.40. The first-order valence-corrected chi connectivity index (χ1v) is 10.4. The second-order valence-corrected chi connectivity index (χ2v) is 8.83. The lowest BCUT2D eigenvalue weighted by Crippen LogP contribution is -2.37. The van der Waals surface area contributed by atoms with Crippen molar-refractivity contribution in [1.29, 1.82) is 0 Å². The summed E-state index contributed by atoms with van der Waals surface area (Å²) in [6.45, 7) is 1.09. The molecular formula is C18H18N2O3S2. The highest BCUT2D eigenvalue weighted by Gasteiger charge is 2.30. The Kier molecular flexibility index (Phi) is 4.37. The lowest BCUT2D eigenvalue weighted by Gasteiger charge is -2.29. The molecule has 1 aromatic carbocycles. The molecule has 0 unspecified atom stereocenters. The summed E-state index contributed by atoms with van der Waals surface area (Å²) in [5.41, 5.74) is 2.42. The number of rotatable bonds is 6. The number of furan rings is 1. The SMILES string of the molecule is O=S(=O)(NC[C@H](c1ccco1)N1CCc2ccccc21)c1cccs1. The van der Waals surface area contributed by atoms with Gasteiger partial charge in [-0.15, -0.1) is 11.3 Å². The predicted molar refractivity (Wildman–Crippen MR) is 98.4 cm³/mol. The Morgan fingerprint density at radius 1 is 1.16 bits per heavy atom. The van der Waals surface area contributed by atoms with Gasteiger partial charge in [0.2, 0.25) is 10.0 Å². The molecule has 0 saturated heterocycles. The van der Waals surface area contributed by atoms with E-state index in [0.29, 0.717) is 4.21 Å². The van der Waals surface area contributed by atoms with Crippen molar-refractivity contribution in [1.82, 2.24) is 4.72 Å². The summed E-state index contributed by atoms with van der Waals surface area (Å²) >= 11 is 1.21. The van der Waals surface area contributed by atoms with Crippen molar-refractivity contribution in [2.45, 2.75) is 16.7 Å². The molecule has 1 aliphatic heterocycles. The lowest BCUT2D eigenvalue weighted by atomic mass is 10.1. The van der Waals surface area contributed by atoms with Gasteiger partial charge < -0.3 is 9.32 Å². The largest absolute Gasteiger partial charge is 0.467 e. The topological polar surface area (TPSA) is 62.6 Å². The molecule has 0 amide bonds. The first kappa shape index (κ1) is 16.4. The molecule has 1 aliphatic rings. The van der Waals surface area contributed by atoms with Crippen molar-refractivity contribution in [3.05, 3.63) is 71.5 Å². The average Bonchev–Trinajstić information content (AvgIpc) is 3.37. The second-order valence-electron chi connectivity index (χ2n) is 5.89. The van der Waals surface area contributed by atoms with Crippen LogP contribution in [0.15, 0.2) is 68.8 Å². The van der Waals surface area contributed by atoms with Gasteiger partial charge in [0.15, 0.2) is 0 Å². The molecule has 0 spiro atoms. The standard InChI is InChI=1S/C18H18N2O3S2/c21-25(22,18-8-4-12-24-18)19-13-16(17-7-3-11-23-17)20-10-9-14-5-1-2-6-15(14)20/h1-8,11-12,16,19H,9-10,13H2/t16-/m1/s1. The molecule has 25 heavy (non-hydrogen) atoms. The van der Waals surface area contributed by atoms with Crippen LogP contribution in [0.5, 0.6) is 0 Å². The molecule has 0 radical (unpaired) electrons. The fourth-order valence-electron chi connectivity index (χ4n) is 3.21. The maximum Gasteiger partial charge on any atom is 0.250 e. The van der Waals surface area contributed by atoms with Crippen molar-refractivity contribution in [2.24, 2.45) is 0 Å². The van der Waals surface area contributed by atoms with Gasteiger partial charge in [-0.25, -0.2) is 13.1 Å². The molecular weight excluding hydrogens is 356 g/mol. The molecule has 7 heteroatoms. The maximum absolute atomic E-state index is 12.5. The fourth-order valence-corrected chi connectivity index (χ4v) is 5.28. The van der Waals surface area contributed by atoms with Gasteiger partial charge >= 0.3 is 0 Å². The van der Waals surface area contributed by atoms with Gasteiger partial charge in [0.1, 0.15) is 16.0 Å². The number of hydrogen-bond acceptors (Lipinski definition) is 5. The first-order valence-electron chi connectivity index (χ1n) is 8.06. The van der Waals surface area contributed by atoms with Crippen LogP contribution >= 0.6 is 11.3 Å². The Bertz CT molecular complexity index is 935. The van der Waals surface area contributed by atoms with Crippen molar-refractivity contribution in [3.63, 3.8) is 0 Å². The van der Waals surface area contributed by atoms with Gasteiger partial charge in [0, 0.05) is 18.8 Å². The summed E-state index contributed by atoms with van der Waals surface area (Å²) in [4.78, 5) is 2.21. The smallest absolute Gasteiger partial charge is 0.250 e. The van der Waals surface area contributed by atoms with E-state index in [9.17, 15) is 8.42 Å². The van der Waals surface area contributed by atoms with Crippen LogP contribution in [0.1, 0.15) is 17.4 Å². The molecule has 0 bridgehead atoms. The third-order valence-corrected chi connectivity index (χ3v) is 7.22. The van der Waals surface area contributed by atoms with Crippen LogP contribution in [0.2, 0.25) is 0 Å². The molecule has 0 saturated carbocycles. The van der Waals surface area contributed by atoms with Crippen LogP contribution < -0.4 is 9.62 Å². The average molecular weight is 374 g/mol. The van der Waals surface area contributed by atoms with Crippen LogP contribution in [0.4, 0.5) is 5.69 Å². The number of fused-ring (bicyclic) bond motifs is 1. The zero-order chi connectivity index (χ0) is 17.3. The van der Waals surface area contributed by atoms with E-state index in [0.717, 1.165) is 24.4 Å². The lowest BCUT2D eigenvalue weighted by molar-refractivity contribution is 0.447. The molecule has 0 aliphatic carbocycles. The second kappa shape index (κ2) is 6.67. The molecule has 4 rings (SSSR count). The summed E-state index contributed by atoms with van der Waals surface area (Å²) in [7, 11) is -3.51. The Hall–Kier alpha value is -2.09. The zero-order valence-corrected chi connectivity index (χ0v) is 15.1. The van der Waals surface area contributed by atoms with E-state index in [1.54, 1.807) is 23.8 Å². The maximum atomic E-state index is 12.5. The highest BCUT2D eigenvalue weighted by Crippen LogP contribution is 2.35. The number of anilines is 1. The number of hydrogen-bond donors (Lipinski definition) is 1. The number of benzene rings is 1. The summed E-state index contributed by atoms with van der Waals surface area (Å²) in [5.74, 6) is 0.755. The van der Waals surface area contributed by atoms with Crippen LogP contribution in [-0.4, -0.2) is 21.5 Å². The number of thiophene rings is 1. The predicted octanol–water partition coefficient (Wildman–Crippen LogP) is 3.42. The minimum atomic E-state index is -3.51. The summed E-state index contributed by atoms with van der Waals surface area (Å²) in [6, 6.07) is 15.1. The highest BCUT2D eigenvalue weighted by atomic mass is 32.2. The summed E-state index contributed by atoms with van der Waals surface area (Å²) in [5, 5.41) is 1.76. The summed E-state index contributed by atoms with van der Waals surface area (Å²) < 4.78 is 33.6. The summed E-state index contributed by atoms with van der Waals surface area (Å²) in [6.07, 6.45) is 2.57. The quantitative estimate of drug-likeness (QED) is 0.718. The van der Waals surface area contributed by atoms with Gasteiger partial charge in [0.25, 0.3) is 0 Å². The zero-order valence-electron chi connectivity index (χ0n) is 13.5. The van der Waals surface area contributed by atoms with E-state index in [-0.39, 0.29) is 12.6 Å². The van der Waals surface area contributed by atoms with Crippen LogP contribution in [-0.2, 0) is 16.4 Å². The number of nitrogens with zero attached hydrogens (tertiary/aromatic N) is 1. The van der Waals surface area contributed by atoms with Crippen molar-refractivity contribution in [3.8, 4) is 0 Å². The normalized spacial score (nSPS) is 15.3. The molecule has 0 fully saturated rings. The van der Waals surface area contributed by atoms with E-state index >= 15 is 0 Å². The monoisotopic (exact) mass is 374 g/mol. The number of sulfonamides is 1. The van der Waals surface area contributed by atoms with E-state index in [1.807, 2.05) is 24.3 Å². The molecule has 2 aromatic heterocycles. The van der Waals surface area contributed by atoms with Crippen LogP contribution in [0, 0.1) is 0 Å². The van der Waals surface area contributed by atoms with Gasteiger partial charge in [-0.2, -0.15) is 0 Å². The Morgan fingerprint density at radius 3 is 2.80 bits per heavy atom. The molecule has 130 valence electrons. The van der Waals surface area contributed by atoms with Gasteiger partial charge in [-0.3, -0.25) is 0 Å². The van der Waals surface area contributed by atoms with Crippen molar-refractivity contribution in [2.75, 3.05) is 18.0 Å². The van der Waals surface area contributed by atoms with Crippen molar-refractivity contribution >= 4 is 27.0 Å². The molecule has 5 nitrogen and oxygen atoms in total. The fraction of sp³-hybridized carbons (Fsp3) is 0.222. The van der Waals surface area contributed by atoms with E-state index in [4.69, 9.17) is 4.42 Å². The number of para-hydroxylation sites is 1. The van der Waals surface area contributed by atoms with E-state index < -0.39 is 10.0 Å². The van der Waals surface area contributed by atoms with Gasteiger partial charge in [-0.05, 0) is 41.6 Å². The molecule has 3 aromatic rings.